The summed E-state index contributed by atoms with van der Waals surface area (Å²) in [7, 11) is 0. The summed E-state index contributed by atoms with van der Waals surface area (Å²) in [6.45, 7) is 14.5. The van der Waals surface area contributed by atoms with E-state index >= 15 is 0 Å². The predicted octanol–water partition coefficient (Wildman–Crippen LogP) is 7.90. The Kier molecular flexibility index (Phi) is 5.89. The molecule has 0 bridgehead atoms. The lowest BCUT2D eigenvalue weighted by atomic mass is 9.50. The van der Waals surface area contributed by atoms with Crippen LogP contribution >= 0.6 is 11.6 Å². The first-order chi connectivity index (χ1) is 14.0. The molecule has 0 spiro atoms. The number of alkyl halides is 1. The lowest BCUT2D eigenvalue weighted by Crippen LogP contribution is -2.47. The number of hydrogen-bond acceptors (Lipinski definition) is 1. The van der Waals surface area contributed by atoms with Crippen molar-refractivity contribution in [2.24, 2.45) is 46.3 Å². The molecule has 168 valence electrons. The third-order valence-corrected chi connectivity index (χ3v) is 10.4. The molecule has 0 unspecified atom stereocenters. The molecule has 0 radical (unpaired) electrons. The molecular formula is C28H43ClO. The second kappa shape index (κ2) is 7.80. The van der Waals surface area contributed by atoms with Crippen molar-refractivity contribution in [1.29, 1.82) is 0 Å². The van der Waals surface area contributed by atoms with E-state index in [2.05, 4.69) is 65.8 Å². The van der Waals surface area contributed by atoms with Gasteiger partial charge in [0.25, 0.3) is 0 Å². The van der Waals surface area contributed by atoms with Crippen molar-refractivity contribution in [3.05, 3.63) is 35.5 Å². The molecule has 3 saturated carbocycles. The summed E-state index contributed by atoms with van der Waals surface area (Å²) in [6, 6.07) is 0. The maximum atomic E-state index is 10.4. The van der Waals surface area contributed by atoms with Crippen LogP contribution in [0.25, 0.3) is 0 Å². The van der Waals surface area contributed by atoms with Crippen molar-refractivity contribution in [1.82, 2.24) is 0 Å². The van der Waals surface area contributed by atoms with Crippen molar-refractivity contribution in [2.45, 2.75) is 91.5 Å². The molecule has 0 aliphatic heterocycles. The number of allylic oxidation sites excluding steroid dienone is 5. The highest BCUT2D eigenvalue weighted by atomic mass is 35.5. The van der Waals surface area contributed by atoms with E-state index in [1.54, 1.807) is 5.57 Å². The molecule has 0 amide bonds. The minimum atomic E-state index is -1.03. The molecule has 0 aromatic carbocycles. The average Bonchev–Trinajstić information content (AvgIpc) is 3.03. The fourth-order valence-electron chi connectivity index (χ4n) is 7.56. The zero-order valence-corrected chi connectivity index (χ0v) is 20.8. The first kappa shape index (κ1) is 22.7. The monoisotopic (exact) mass is 430 g/mol. The fourth-order valence-corrected chi connectivity index (χ4v) is 7.80. The van der Waals surface area contributed by atoms with Crippen molar-refractivity contribution in [3.8, 4) is 0 Å². The summed E-state index contributed by atoms with van der Waals surface area (Å²) in [5, 5.41) is 9.40. The largest absolute Gasteiger partial charge is 0.375 e. The summed E-state index contributed by atoms with van der Waals surface area (Å²) >= 11 is 6.35. The van der Waals surface area contributed by atoms with Crippen LogP contribution in [0.4, 0.5) is 0 Å². The molecule has 0 aromatic rings. The van der Waals surface area contributed by atoms with E-state index in [1.165, 1.54) is 31.3 Å². The van der Waals surface area contributed by atoms with Crippen LogP contribution in [0.5, 0.6) is 0 Å². The van der Waals surface area contributed by atoms with Crippen molar-refractivity contribution >= 4 is 11.6 Å². The first-order valence-corrected chi connectivity index (χ1v) is 12.9. The van der Waals surface area contributed by atoms with Gasteiger partial charge in [-0.25, -0.2) is 0 Å². The Morgan fingerprint density at radius 3 is 2.40 bits per heavy atom. The van der Waals surface area contributed by atoms with Gasteiger partial charge in [0.05, 0.1) is 0 Å². The maximum absolute atomic E-state index is 10.4. The van der Waals surface area contributed by atoms with Gasteiger partial charge in [-0.2, -0.15) is 0 Å². The standard InChI is InChI=1S/C28H43ClO/c1-18(2)19(3)7-8-20(4)23-11-12-24-22-10-9-21-17-28(29,30)16-15-26(21,5)25(22)13-14-27(23,24)6/h7-10,18-20,23-25,30H,11-17H2,1-6H3/b8-7+/t19-,20+,23+,24-,25-,26-,27+,28-/m0/s1. The van der Waals surface area contributed by atoms with Gasteiger partial charge in [-0.3, -0.25) is 0 Å². The van der Waals surface area contributed by atoms with E-state index in [0.717, 1.165) is 18.3 Å². The normalized spacial score (nSPS) is 45.4. The van der Waals surface area contributed by atoms with Crippen LogP contribution in [0.15, 0.2) is 35.5 Å². The fraction of sp³-hybridized carbons (Fsp3) is 0.786. The van der Waals surface area contributed by atoms with E-state index in [0.29, 0.717) is 41.9 Å². The molecule has 0 heterocycles. The van der Waals surface area contributed by atoms with Crippen LogP contribution in [-0.4, -0.2) is 10.2 Å². The van der Waals surface area contributed by atoms with Crippen LogP contribution in [0.3, 0.4) is 0 Å². The third kappa shape index (κ3) is 3.66. The van der Waals surface area contributed by atoms with Crippen molar-refractivity contribution in [2.75, 3.05) is 0 Å². The molecular weight excluding hydrogens is 388 g/mol. The second-order valence-electron chi connectivity index (χ2n) is 12.1. The van der Waals surface area contributed by atoms with Gasteiger partial charge in [0.1, 0.15) is 5.06 Å². The summed E-state index contributed by atoms with van der Waals surface area (Å²) in [4.78, 5) is 0. The SMILES string of the molecule is CC(C)[C@@H](C)/C=C/[C@@H](C)[C@H]1CC[C@H]2C3=CC=C4C[C@](O)(Cl)CC[C@]4(C)[C@H]3CC[C@]12C. The highest BCUT2D eigenvalue weighted by Crippen LogP contribution is 2.66. The van der Waals surface area contributed by atoms with Gasteiger partial charge >= 0.3 is 0 Å². The Balaban J connectivity index is 1.58. The number of aliphatic hydroxyl groups is 1. The molecule has 0 saturated heterocycles. The van der Waals surface area contributed by atoms with Gasteiger partial charge in [0.2, 0.25) is 0 Å². The van der Waals surface area contributed by atoms with Crippen LogP contribution in [0.1, 0.15) is 86.5 Å². The summed E-state index contributed by atoms with van der Waals surface area (Å²) < 4.78 is 0. The van der Waals surface area contributed by atoms with E-state index in [4.69, 9.17) is 11.6 Å². The second-order valence-corrected chi connectivity index (χ2v) is 12.8. The lowest BCUT2D eigenvalue weighted by Gasteiger charge is -2.55. The van der Waals surface area contributed by atoms with E-state index in [9.17, 15) is 5.11 Å². The Morgan fingerprint density at radius 2 is 1.70 bits per heavy atom. The topological polar surface area (TPSA) is 20.2 Å². The van der Waals surface area contributed by atoms with E-state index in [-0.39, 0.29) is 5.41 Å². The van der Waals surface area contributed by atoms with Crippen LogP contribution in [-0.2, 0) is 0 Å². The van der Waals surface area contributed by atoms with Gasteiger partial charge in [0.15, 0.2) is 0 Å². The zero-order valence-electron chi connectivity index (χ0n) is 20.0. The highest BCUT2D eigenvalue weighted by molar-refractivity contribution is 6.22. The molecule has 8 atom stereocenters. The van der Waals surface area contributed by atoms with Crippen LogP contribution < -0.4 is 0 Å². The molecule has 4 aliphatic rings. The van der Waals surface area contributed by atoms with Crippen LogP contribution in [0.2, 0.25) is 0 Å². The quantitative estimate of drug-likeness (QED) is 0.355. The van der Waals surface area contributed by atoms with Gasteiger partial charge in [0, 0.05) is 6.42 Å². The van der Waals surface area contributed by atoms with Gasteiger partial charge in [-0.1, -0.05) is 88.6 Å². The maximum Gasteiger partial charge on any atom is 0.142 e. The van der Waals surface area contributed by atoms with Gasteiger partial charge in [-0.05, 0) is 84.9 Å². The molecule has 30 heavy (non-hydrogen) atoms. The Morgan fingerprint density at radius 1 is 0.967 bits per heavy atom. The number of fused-ring (bicyclic) bond motifs is 5. The molecule has 3 fully saturated rings. The summed E-state index contributed by atoms with van der Waals surface area (Å²) in [5.74, 6) is 4.19. The molecule has 1 N–H and O–H groups in total. The average molecular weight is 431 g/mol. The number of hydrogen-bond donors (Lipinski definition) is 1. The highest BCUT2D eigenvalue weighted by Gasteiger charge is 2.57. The predicted molar refractivity (Wildman–Crippen MR) is 128 cm³/mol. The Hall–Kier alpha value is -0.530. The Labute approximate surface area is 190 Å². The van der Waals surface area contributed by atoms with Crippen molar-refractivity contribution in [3.63, 3.8) is 0 Å². The molecule has 1 nitrogen and oxygen atoms in total. The summed E-state index contributed by atoms with van der Waals surface area (Å²) in [5.41, 5.74) is 3.74. The van der Waals surface area contributed by atoms with Gasteiger partial charge in [-0.15, -0.1) is 0 Å². The third-order valence-electron chi connectivity index (χ3n) is 10.1. The van der Waals surface area contributed by atoms with E-state index in [1.807, 2.05) is 0 Å². The smallest absolute Gasteiger partial charge is 0.142 e. The first-order valence-electron chi connectivity index (χ1n) is 12.5. The number of rotatable bonds is 4. The molecule has 4 aliphatic carbocycles. The number of halogens is 1. The van der Waals surface area contributed by atoms with Crippen LogP contribution in [0, 0.1) is 46.3 Å². The van der Waals surface area contributed by atoms with Crippen molar-refractivity contribution < 1.29 is 5.11 Å². The molecule has 2 heteroatoms. The minimum absolute atomic E-state index is 0.197. The van der Waals surface area contributed by atoms with Gasteiger partial charge < -0.3 is 5.11 Å². The summed E-state index contributed by atoms with van der Waals surface area (Å²) in [6.07, 6.45) is 17.5. The Bertz CT molecular complexity index is 759. The zero-order chi connectivity index (χ0) is 21.9. The van der Waals surface area contributed by atoms with E-state index < -0.39 is 5.06 Å². The minimum Gasteiger partial charge on any atom is -0.375 e. The molecule has 0 aromatic heterocycles. The molecule has 4 rings (SSSR count). The lowest BCUT2D eigenvalue weighted by molar-refractivity contribution is 0.0246.